The summed E-state index contributed by atoms with van der Waals surface area (Å²) in [6, 6.07) is 16.4. The minimum Gasteiger partial charge on any atom is -0.490 e. The number of nitrogens with one attached hydrogen (secondary N) is 1. The minimum absolute atomic E-state index is 0. The Morgan fingerprint density at radius 2 is 1.85 bits per heavy atom. The Morgan fingerprint density at radius 3 is 2.65 bits per heavy atom. The van der Waals surface area contributed by atoms with Gasteiger partial charge < -0.3 is 20.5 Å². The van der Waals surface area contributed by atoms with E-state index in [1.165, 1.54) is 12.0 Å². The summed E-state index contributed by atoms with van der Waals surface area (Å²) in [5, 5.41) is 3.14. The molecule has 138 valence electrons. The van der Waals surface area contributed by atoms with Crippen molar-refractivity contribution in [2.75, 3.05) is 25.1 Å². The Hall–Kier alpha value is -1.96. The zero-order chi connectivity index (χ0) is 17.1. The molecule has 4 rings (SSSR count). The van der Waals surface area contributed by atoms with Crippen molar-refractivity contribution in [3.8, 4) is 11.5 Å². The van der Waals surface area contributed by atoms with E-state index in [0.717, 1.165) is 30.2 Å². The molecule has 0 radical (unpaired) electrons. The molecule has 0 spiro atoms. The van der Waals surface area contributed by atoms with Crippen LogP contribution in [0.4, 0.5) is 5.69 Å². The summed E-state index contributed by atoms with van der Waals surface area (Å²) in [7, 11) is 0. The standard InChI is InChI=1S/C20H23N3O2.HI/c21-20(22-13-15-11-17(15)14-5-2-1-3-6-14)23-16-7-8-18-19(12-16)25-10-4-9-24-18;/h1-3,5-8,12,15,17H,4,9-11,13H2,(H3,21,22,23);1H. The Bertz CT molecular complexity index is 767. The summed E-state index contributed by atoms with van der Waals surface area (Å²) < 4.78 is 11.3. The lowest BCUT2D eigenvalue weighted by Gasteiger charge is -2.10. The normalized spacial score (nSPS) is 21.3. The number of hydrogen-bond donors (Lipinski definition) is 2. The van der Waals surface area contributed by atoms with E-state index in [2.05, 4.69) is 40.6 Å². The van der Waals surface area contributed by atoms with Gasteiger partial charge >= 0.3 is 0 Å². The van der Waals surface area contributed by atoms with Crippen LogP contribution in [0.25, 0.3) is 0 Å². The maximum atomic E-state index is 6.04. The third-order valence-electron chi connectivity index (χ3n) is 4.67. The van der Waals surface area contributed by atoms with Gasteiger partial charge in [0.25, 0.3) is 0 Å². The third kappa shape index (κ3) is 4.60. The molecular formula is C20H24IN3O2. The average Bonchev–Trinajstić information content (AvgIpc) is 3.44. The van der Waals surface area contributed by atoms with Crippen molar-refractivity contribution in [2.24, 2.45) is 16.6 Å². The van der Waals surface area contributed by atoms with Gasteiger partial charge in [0.1, 0.15) is 0 Å². The summed E-state index contributed by atoms with van der Waals surface area (Å²) in [6.45, 7) is 2.11. The topological polar surface area (TPSA) is 68.9 Å². The van der Waals surface area contributed by atoms with Crippen molar-refractivity contribution in [3.05, 3.63) is 54.1 Å². The van der Waals surface area contributed by atoms with Gasteiger partial charge in [-0.15, -0.1) is 24.0 Å². The van der Waals surface area contributed by atoms with Gasteiger partial charge in [-0.05, 0) is 36.0 Å². The van der Waals surface area contributed by atoms with Crippen LogP contribution in [0.5, 0.6) is 11.5 Å². The molecule has 2 unspecified atom stereocenters. The second-order valence-corrected chi connectivity index (χ2v) is 6.58. The summed E-state index contributed by atoms with van der Waals surface area (Å²) in [5.74, 6) is 3.18. The van der Waals surface area contributed by atoms with Crippen LogP contribution in [0.1, 0.15) is 24.3 Å². The van der Waals surface area contributed by atoms with Crippen molar-refractivity contribution in [1.82, 2.24) is 0 Å². The molecule has 0 aromatic heterocycles. The molecule has 6 heteroatoms. The first kappa shape index (κ1) is 18.8. The number of hydrogen-bond acceptors (Lipinski definition) is 3. The van der Waals surface area contributed by atoms with E-state index < -0.39 is 0 Å². The van der Waals surface area contributed by atoms with E-state index in [1.54, 1.807) is 0 Å². The Balaban J connectivity index is 0.00000196. The molecule has 1 aliphatic carbocycles. The molecule has 1 saturated carbocycles. The van der Waals surface area contributed by atoms with Gasteiger partial charge in [0, 0.05) is 24.7 Å². The molecule has 0 amide bonds. The van der Waals surface area contributed by atoms with Crippen LogP contribution in [0, 0.1) is 5.92 Å². The molecule has 5 nitrogen and oxygen atoms in total. The number of rotatable bonds is 4. The quantitative estimate of drug-likeness (QED) is 0.407. The molecule has 1 heterocycles. The molecule has 0 saturated heterocycles. The fraction of sp³-hybridized carbons (Fsp3) is 0.350. The number of halogens is 1. The lowest BCUT2D eigenvalue weighted by atomic mass is 10.1. The molecule has 0 bridgehead atoms. The Kier molecular flexibility index (Phi) is 6.24. The molecule has 2 aromatic rings. The second kappa shape index (κ2) is 8.62. The number of nitrogens with two attached hydrogens (primary N) is 1. The predicted molar refractivity (Wildman–Crippen MR) is 115 cm³/mol. The van der Waals surface area contributed by atoms with E-state index >= 15 is 0 Å². The SMILES string of the molecule is I.NC(=NCC1CC1c1ccccc1)Nc1ccc2c(c1)OCCCO2. The first-order valence-electron chi connectivity index (χ1n) is 8.81. The van der Waals surface area contributed by atoms with E-state index in [0.29, 0.717) is 31.0 Å². The first-order chi connectivity index (χ1) is 12.3. The molecule has 2 aliphatic rings. The molecule has 1 fully saturated rings. The van der Waals surface area contributed by atoms with Gasteiger partial charge in [-0.3, -0.25) is 4.99 Å². The highest BCUT2D eigenvalue weighted by Gasteiger charge is 2.37. The van der Waals surface area contributed by atoms with Crippen LogP contribution in [-0.2, 0) is 0 Å². The van der Waals surface area contributed by atoms with Crippen LogP contribution >= 0.6 is 24.0 Å². The van der Waals surface area contributed by atoms with Crippen LogP contribution in [-0.4, -0.2) is 25.7 Å². The molecular weight excluding hydrogens is 441 g/mol. The monoisotopic (exact) mass is 465 g/mol. The van der Waals surface area contributed by atoms with Crippen molar-refractivity contribution >= 4 is 35.6 Å². The van der Waals surface area contributed by atoms with Crippen molar-refractivity contribution < 1.29 is 9.47 Å². The van der Waals surface area contributed by atoms with Gasteiger partial charge in [0.15, 0.2) is 17.5 Å². The molecule has 2 atom stereocenters. The lowest BCUT2D eigenvalue weighted by Crippen LogP contribution is -2.23. The highest BCUT2D eigenvalue weighted by atomic mass is 127. The number of aliphatic imine (C=N–C) groups is 1. The van der Waals surface area contributed by atoms with E-state index in [4.69, 9.17) is 15.2 Å². The summed E-state index contributed by atoms with van der Waals surface area (Å²) >= 11 is 0. The summed E-state index contributed by atoms with van der Waals surface area (Å²) in [4.78, 5) is 4.50. The van der Waals surface area contributed by atoms with Crippen molar-refractivity contribution in [1.29, 1.82) is 0 Å². The van der Waals surface area contributed by atoms with Gasteiger partial charge in [0.2, 0.25) is 0 Å². The van der Waals surface area contributed by atoms with E-state index in [9.17, 15) is 0 Å². The fourth-order valence-electron chi connectivity index (χ4n) is 3.20. The van der Waals surface area contributed by atoms with Crippen LogP contribution in [0.3, 0.4) is 0 Å². The number of ether oxygens (including phenoxy) is 2. The van der Waals surface area contributed by atoms with Gasteiger partial charge in [-0.1, -0.05) is 30.3 Å². The molecule has 1 aliphatic heterocycles. The van der Waals surface area contributed by atoms with E-state index in [1.807, 2.05) is 18.2 Å². The lowest BCUT2D eigenvalue weighted by molar-refractivity contribution is 0.297. The smallest absolute Gasteiger partial charge is 0.193 e. The van der Waals surface area contributed by atoms with Crippen LogP contribution in [0.15, 0.2) is 53.5 Å². The molecule has 2 aromatic carbocycles. The van der Waals surface area contributed by atoms with Crippen molar-refractivity contribution in [3.63, 3.8) is 0 Å². The number of guanidine groups is 1. The van der Waals surface area contributed by atoms with E-state index in [-0.39, 0.29) is 24.0 Å². The summed E-state index contributed by atoms with van der Waals surface area (Å²) in [6.07, 6.45) is 2.08. The van der Waals surface area contributed by atoms with Crippen LogP contribution in [0.2, 0.25) is 0 Å². The van der Waals surface area contributed by atoms with Crippen LogP contribution < -0.4 is 20.5 Å². The molecule has 26 heavy (non-hydrogen) atoms. The first-order valence-corrected chi connectivity index (χ1v) is 8.81. The highest BCUT2D eigenvalue weighted by Crippen LogP contribution is 2.47. The van der Waals surface area contributed by atoms with Gasteiger partial charge in [-0.2, -0.15) is 0 Å². The maximum Gasteiger partial charge on any atom is 0.193 e. The average molecular weight is 465 g/mol. The molecule has 3 N–H and O–H groups in total. The summed E-state index contributed by atoms with van der Waals surface area (Å²) in [5.41, 5.74) is 8.30. The Morgan fingerprint density at radius 1 is 1.08 bits per heavy atom. The highest BCUT2D eigenvalue weighted by molar-refractivity contribution is 14.0. The fourth-order valence-corrected chi connectivity index (χ4v) is 3.20. The maximum absolute atomic E-state index is 6.04. The minimum atomic E-state index is 0. The van der Waals surface area contributed by atoms with Crippen molar-refractivity contribution in [2.45, 2.75) is 18.8 Å². The number of nitrogens with zero attached hydrogens (tertiary/aromatic N) is 1. The number of fused-ring (bicyclic) bond motifs is 1. The Labute approximate surface area is 171 Å². The number of benzene rings is 2. The predicted octanol–water partition coefficient (Wildman–Crippen LogP) is 4.00. The number of anilines is 1. The third-order valence-corrected chi connectivity index (χ3v) is 4.67. The van der Waals surface area contributed by atoms with Gasteiger partial charge in [-0.25, -0.2) is 0 Å². The zero-order valence-electron chi connectivity index (χ0n) is 14.6. The largest absolute Gasteiger partial charge is 0.490 e. The van der Waals surface area contributed by atoms with Gasteiger partial charge in [0.05, 0.1) is 13.2 Å². The zero-order valence-corrected chi connectivity index (χ0v) is 16.9. The second-order valence-electron chi connectivity index (χ2n) is 6.58.